The van der Waals surface area contributed by atoms with Crippen molar-refractivity contribution in [2.45, 2.75) is 19.0 Å². The molecule has 1 aliphatic carbocycles. The Bertz CT molecular complexity index is 250. The zero-order valence-electron chi connectivity index (χ0n) is 6.59. The van der Waals surface area contributed by atoms with Crippen molar-refractivity contribution >= 4 is 0 Å². The van der Waals surface area contributed by atoms with Gasteiger partial charge >= 0.3 is 0 Å². The molecule has 11 heavy (non-hydrogen) atoms. The summed E-state index contributed by atoms with van der Waals surface area (Å²) in [5, 5.41) is 6.49. The molecule has 58 valence electrons. The first-order valence-corrected chi connectivity index (χ1v) is 3.84. The molecule has 2 atom stereocenters. The number of hydrogen-bond acceptors (Lipinski definition) is 2. The lowest BCUT2D eigenvalue weighted by Crippen LogP contribution is -2.31. The Balaban J connectivity index is 2.23. The fourth-order valence-corrected chi connectivity index (χ4v) is 1.53. The minimum Gasteiger partial charge on any atom is -0.364 e. The number of hydrogen-bond donors (Lipinski definition) is 2. The molecule has 0 spiro atoms. The molecule has 1 saturated heterocycles. The van der Waals surface area contributed by atoms with Gasteiger partial charge in [-0.3, -0.25) is 0 Å². The van der Waals surface area contributed by atoms with Crippen LogP contribution in [0.2, 0.25) is 0 Å². The van der Waals surface area contributed by atoms with Gasteiger partial charge in [0.25, 0.3) is 0 Å². The highest BCUT2D eigenvalue weighted by molar-refractivity contribution is 5.32. The summed E-state index contributed by atoms with van der Waals surface area (Å²) in [6.45, 7) is 5.92. The van der Waals surface area contributed by atoms with E-state index >= 15 is 0 Å². The molecule has 2 rings (SSSR count). The maximum atomic E-state index is 3.82. The van der Waals surface area contributed by atoms with Crippen LogP contribution in [0.3, 0.4) is 0 Å². The van der Waals surface area contributed by atoms with Gasteiger partial charge < -0.3 is 10.6 Å². The van der Waals surface area contributed by atoms with Crippen molar-refractivity contribution in [1.29, 1.82) is 0 Å². The van der Waals surface area contributed by atoms with E-state index in [9.17, 15) is 0 Å². The van der Waals surface area contributed by atoms with E-state index in [1.165, 1.54) is 5.57 Å². The van der Waals surface area contributed by atoms with Gasteiger partial charge in [0.05, 0.1) is 17.9 Å². The minimum absolute atomic E-state index is 0.409. The second-order valence-corrected chi connectivity index (χ2v) is 3.09. The number of fused-ring (bicyclic) bond motifs is 1. The van der Waals surface area contributed by atoms with Crippen molar-refractivity contribution in [1.82, 2.24) is 10.6 Å². The Kier molecular flexibility index (Phi) is 1.28. The molecule has 0 aromatic carbocycles. The molecule has 1 aliphatic heterocycles. The van der Waals surface area contributed by atoms with Crippen molar-refractivity contribution in [3.05, 3.63) is 36.2 Å². The zero-order chi connectivity index (χ0) is 7.84. The summed E-state index contributed by atoms with van der Waals surface area (Å²) < 4.78 is 0. The first kappa shape index (κ1) is 6.53. The molecule has 0 amide bonds. The Morgan fingerprint density at radius 2 is 2.09 bits per heavy atom. The third-order valence-electron chi connectivity index (χ3n) is 2.08. The van der Waals surface area contributed by atoms with Crippen LogP contribution in [0.1, 0.15) is 6.92 Å². The molecule has 0 saturated carbocycles. The molecule has 2 nitrogen and oxygen atoms in total. The molecule has 0 aromatic rings. The van der Waals surface area contributed by atoms with Gasteiger partial charge in [-0.05, 0) is 6.92 Å². The van der Waals surface area contributed by atoms with Gasteiger partial charge in [-0.15, -0.1) is 0 Å². The van der Waals surface area contributed by atoms with Crippen LogP contribution in [0, 0.1) is 0 Å². The summed E-state index contributed by atoms with van der Waals surface area (Å²) in [4.78, 5) is 0. The smallest absolute Gasteiger partial charge is 0.0923 e. The third kappa shape index (κ3) is 1.04. The van der Waals surface area contributed by atoms with Gasteiger partial charge in [-0.2, -0.15) is 0 Å². The molecule has 2 N–H and O–H groups in total. The van der Waals surface area contributed by atoms with Crippen LogP contribution in [0.25, 0.3) is 0 Å². The Morgan fingerprint density at radius 3 is 2.91 bits per heavy atom. The molecule has 1 fully saturated rings. The average molecular weight is 148 g/mol. The van der Waals surface area contributed by atoms with Crippen LogP contribution in [0.4, 0.5) is 0 Å². The highest BCUT2D eigenvalue weighted by atomic mass is 15.2. The topological polar surface area (TPSA) is 24.1 Å². The highest BCUT2D eigenvalue weighted by Crippen LogP contribution is 2.16. The van der Waals surface area contributed by atoms with Gasteiger partial charge in [0.2, 0.25) is 0 Å². The van der Waals surface area contributed by atoms with E-state index in [4.69, 9.17) is 0 Å². The van der Waals surface area contributed by atoms with Gasteiger partial charge in [0.15, 0.2) is 0 Å². The lowest BCUT2D eigenvalue weighted by atomic mass is 10.0. The molecule has 0 aromatic heterocycles. The normalized spacial score (nSPS) is 33.9. The zero-order valence-corrected chi connectivity index (χ0v) is 6.59. The van der Waals surface area contributed by atoms with Gasteiger partial charge in [0, 0.05) is 0 Å². The molecule has 2 heteroatoms. The van der Waals surface area contributed by atoms with E-state index in [2.05, 4.69) is 42.4 Å². The van der Waals surface area contributed by atoms with Crippen LogP contribution < -0.4 is 10.6 Å². The van der Waals surface area contributed by atoms with Gasteiger partial charge in [-0.1, -0.05) is 30.4 Å². The fraction of sp³-hybridized carbons (Fsp3) is 0.333. The summed E-state index contributed by atoms with van der Waals surface area (Å²) in [5.74, 6) is 0.926. The summed E-state index contributed by atoms with van der Waals surface area (Å²) in [6, 6.07) is 0.818. The fourth-order valence-electron chi connectivity index (χ4n) is 1.53. The summed E-state index contributed by atoms with van der Waals surface area (Å²) in [7, 11) is 0. The van der Waals surface area contributed by atoms with Crippen LogP contribution in [-0.2, 0) is 0 Å². The van der Waals surface area contributed by atoms with Crippen molar-refractivity contribution in [3.8, 4) is 0 Å². The van der Waals surface area contributed by atoms with Crippen molar-refractivity contribution in [2.24, 2.45) is 0 Å². The Labute approximate surface area is 66.7 Å². The van der Waals surface area contributed by atoms with E-state index in [-0.39, 0.29) is 0 Å². The molecule has 2 aliphatic rings. The third-order valence-corrected chi connectivity index (χ3v) is 2.08. The molecule has 0 bridgehead atoms. The van der Waals surface area contributed by atoms with E-state index in [1.54, 1.807) is 0 Å². The first-order chi connectivity index (χ1) is 5.25. The quantitative estimate of drug-likeness (QED) is 0.533. The largest absolute Gasteiger partial charge is 0.364 e. The highest BCUT2D eigenvalue weighted by Gasteiger charge is 2.25. The Morgan fingerprint density at radius 1 is 1.36 bits per heavy atom. The van der Waals surface area contributed by atoms with E-state index in [1.807, 2.05) is 0 Å². The van der Waals surface area contributed by atoms with Crippen molar-refractivity contribution in [3.63, 3.8) is 0 Å². The lowest BCUT2D eigenvalue weighted by Gasteiger charge is -2.15. The Hall–Kier alpha value is -1.18. The van der Waals surface area contributed by atoms with Crippen molar-refractivity contribution < 1.29 is 0 Å². The maximum absolute atomic E-state index is 3.82. The average Bonchev–Trinajstić information content (AvgIpc) is 2.27. The summed E-state index contributed by atoms with van der Waals surface area (Å²) in [5.41, 5.74) is 1.32. The van der Waals surface area contributed by atoms with E-state index in [0.717, 1.165) is 5.82 Å². The predicted octanol–water partition coefficient (Wildman–Crippen LogP) is 0.904. The van der Waals surface area contributed by atoms with Gasteiger partial charge in [-0.25, -0.2) is 0 Å². The first-order valence-electron chi connectivity index (χ1n) is 3.84. The predicted molar refractivity (Wildman–Crippen MR) is 45.9 cm³/mol. The summed E-state index contributed by atoms with van der Waals surface area (Å²) >= 11 is 0. The molecule has 1 heterocycles. The number of nitrogens with one attached hydrogen (secondary N) is 2. The standard InChI is InChI=1S/C9H12N2/c1-6-3-4-8-9(5-6)11-7(2)10-8/h3-5,8-11H,2H2,1H3. The SMILES string of the molecule is C=C1NC2C=CC(C)=CC2N1. The minimum atomic E-state index is 0.409. The second kappa shape index (κ2) is 2.16. The summed E-state index contributed by atoms with van der Waals surface area (Å²) in [6.07, 6.45) is 6.52. The maximum Gasteiger partial charge on any atom is 0.0923 e. The van der Waals surface area contributed by atoms with Crippen LogP contribution in [0.15, 0.2) is 36.2 Å². The molecule has 0 radical (unpaired) electrons. The van der Waals surface area contributed by atoms with Crippen LogP contribution in [-0.4, -0.2) is 12.1 Å². The van der Waals surface area contributed by atoms with Crippen LogP contribution in [0.5, 0.6) is 0 Å². The second-order valence-electron chi connectivity index (χ2n) is 3.09. The van der Waals surface area contributed by atoms with E-state index in [0.29, 0.717) is 12.1 Å². The van der Waals surface area contributed by atoms with Crippen LogP contribution >= 0.6 is 0 Å². The molecule has 2 unspecified atom stereocenters. The number of rotatable bonds is 0. The lowest BCUT2D eigenvalue weighted by molar-refractivity contribution is 0.670. The molecular weight excluding hydrogens is 136 g/mol. The number of allylic oxidation sites excluding steroid dienone is 2. The van der Waals surface area contributed by atoms with Crippen molar-refractivity contribution in [2.75, 3.05) is 0 Å². The molecular formula is C9H12N2. The van der Waals surface area contributed by atoms with Gasteiger partial charge in [0.1, 0.15) is 0 Å². The monoisotopic (exact) mass is 148 g/mol. The van der Waals surface area contributed by atoms with E-state index < -0.39 is 0 Å².